The first-order valence-electron chi connectivity index (χ1n) is 12.6. The number of aromatic nitrogens is 1. The molecule has 2 amide bonds. The number of nitrogens with zero attached hydrogens (tertiary/aromatic N) is 4. The van der Waals surface area contributed by atoms with Gasteiger partial charge in [0.1, 0.15) is 11.5 Å². The maximum absolute atomic E-state index is 13.7. The number of methoxy groups -OCH3 is 1. The van der Waals surface area contributed by atoms with Crippen molar-refractivity contribution in [1.29, 1.82) is 0 Å². The van der Waals surface area contributed by atoms with Gasteiger partial charge in [-0.25, -0.2) is 18.2 Å². The van der Waals surface area contributed by atoms with Crippen LogP contribution in [0.1, 0.15) is 23.0 Å². The van der Waals surface area contributed by atoms with Crippen molar-refractivity contribution in [2.45, 2.75) is 18.4 Å². The molecule has 11 nitrogen and oxygen atoms in total. The van der Waals surface area contributed by atoms with Gasteiger partial charge in [0.2, 0.25) is 10.0 Å². The lowest BCUT2D eigenvalue weighted by atomic mass is 10.2. The predicted molar refractivity (Wildman–Crippen MR) is 149 cm³/mol. The molecule has 1 saturated heterocycles. The Morgan fingerprint density at radius 1 is 1.07 bits per heavy atom. The minimum atomic E-state index is -3.81. The Balaban J connectivity index is 1.36. The Labute approximate surface area is 235 Å². The Bertz CT molecular complexity index is 1590. The van der Waals surface area contributed by atoms with Crippen molar-refractivity contribution in [3.8, 4) is 5.75 Å². The maximum atomic E-state index is 13.7. The van der Waals surface area contributed by atoms with Gasteiger partial charge in [0, 0.05) is 37.8 Å². The van der Waals surface area contributed by atoms with Crippen molar-refractivity contribution in [3.05, 3.63) is 72.2 Å². The van der Waals surface area contributed by atoms with Gasteiger partial charge in [0.05, 0.1) is 41.6 Å². The van der Waals surface area contributed by atoms with Crippen LogP contribution in [-0.4, -0.2) is 74.5 Å². The van der Waals surface area contributed by atoms with Crippen LogP contribution < -0.4 is 9.64 Å². The van der Waals surface area contributed by atoms with E-state index in [0.29, 0.717) is 27.7 Å². The molecule has 1 aliphatic heterocycles. The number of rotatable bonds is 8. The Morgan fingerprint density at radius 3 is 2.48 bits per heavy atom. The number of hydrogen-bond acceptors (Lipinski definition) is 9. The topological polar surface area (TPSA) is 122 Å². The van der Waals surface area contributed by atoms with Crippen LogP contribution in [0.2, 0.25) is 0 Å². The molecule has 0 atom stereocenters. The second kappa shape index (κ2) is 11.7. The van der Waals surface area contributed by atoms with E-state index in [1.807, 2.05) is 12.1 Å². The molecule has 210 valence electrons. The number of piperazine rings is 1. The number of sulfonamides is 1. The van der Waals surface area contributed by atoms with E-state index in [0.717, 1.165) is 4.70 Å². The number of hydrogen-bond donors (Lipinski definition) is 0. The normalized spacial score (nSPS) is 14.3. The monoisotopic (exact) mass is 584 g/mol. The summed E-state index contributed by atoms with van der Waals surface area (Å²) in [7, 11) is -2.23. The molecule has 0 aliphatic carbocycles. The molecule has 0 radical (unpaired) electrons. The van der Waals surface area contributed by atoms with Gasteiger partial charge in [0.25, 0.3) is 5.91 Å². The molecule has 0 bridgehead atoms. The quantitative estimate of drug-likeness (QED) is 0.302. The SMILES string of the molecule is CCOC(=O)N1CCN(S(=O)(=O)c2ccc(C(=O)N(Cc3ccco3)c3nc4cc(OC)ccc4s3)cc2)CC1. The summed E-state index contributed by atoms with van der Waals surface area (Å²) in [6.07, 6.45) is 1.08. The first kappa shape index (κ1) is 27.6. The van der Waals surface area contributed by atoms with E-state index in [4.69, 9.17) is 13.9 Å². The summed E-state index contributed by atoms with van der Waals surface area (Å²) < 4.78 is 44.5. The highest BCUT2D eigenvalue weighted by atomic mass is 32.2. The minimum Gasteiger partial charge on any atom is -0.497 e. The molecule has 0 saturated carbocycles. The number of carbonyl (C=O) groups excluding carboxylic acids is 2. The van der Waals surface area contributed by atoms with Gasteiger partial charge in [-0.3, -0.25) is 9.69 Å². The molecule has 1 aliphatic rings. The number of fused-ring (bicyclic) bond motifs is 1. The molecule has 2 aromatic heterocycles. The molecule has 3 heterocycles. The third-order valence-corrected chi connectivity index (χ3v) is 9.43. The van der Waals surface area contributed by atoms with Crippen molar-refractivity contribution in [2.24, 2.45) is 0 Å². The molecular weight excluding hydrogens is 556 g/mol. The van der Waals surface area contributed by atoms with Gasteiger partial charge in [-0.05, 0) is 55.5 Å². The minimum absolute atomic E-state index is 0.0679. The summed E-state index contributed by atoms with van der Waals surface area (Å²) in [6.45, 7) is 2.92. The molecular formula is C27H28N4O7S2. The highest BCUT2D eigenvalue weighted by molar-refractivity contribution is 7.89. The van der Waals surface area contributed by atoms with Crippen LogP contribution in [0.3, 0.4) is 0 Å². The first-order valence-corrected chi connectivity index (χ1v) is 14.9. The zero-order valence-corrected chi connectivity index (χ0v) is 23.6. The second-order valence-corrected chi connectivity index (χ2v) is 11.9. The summed E-state index contributed by atoms with van der Waals surface area (Å²) in [5, 5.41) is 0.473. The van der Waals surface area contributed by atoms with Gasteiger partial charge in [-0.2, -0.15) is 4.31 Å². The zero-order valence-electron chi connectivity index (χ0n) is 22.0. The number of amides is 2. The smallest absolute Gasteiger partial charge is 0.409 e. The number of ether oxygens (including phenoxy) is 2. The summed E-state index contributed by atoms with van der Waals surface area (Å²) in [5.74, 6) is 0.883. The average Bonchev–Trinajstić information content (AvgIpc) is 3.65. The Hall–Kier alpha value is -3.94. The third-order valence-electron chi connectivity index (χ3n) is 6.46. The van der Waals surface area contributed by atoms with Crippen molar-refractivity contribution < 1.29 is 31.9 Å². The average molecular weight is 585 g/mol. The van der Waals surface area contributed by atoms with Crippen LogP contribution >= 0.6 is 11.3 Å². The van der Waals surface area contributed by atoms with E-state index in [2.05, 4.69) is 4.98 Å². The maximum Gasteiger partial charge on any atom is 0.409 e. The summed E-state index contributed by atoms with van der Waals surface area (Å²) >= 11 is 1.36. The standard InChI is InChI=1S/C27H28N4O7S2/c1-3-37-27(33)29-12-14-30(15-13-29)40(34,35)22-9-6-19(7-10-22)25(32)31(18-21-5-4-16-38-21)26-28-23-17-20(36-2)8-11-24(23)39-26/h4-11,16-17H,3,12-15,18H2,1-2H3. The molecule has 13 heteroatoms. The number of benzene rings is 2. The van der Waals surface area contributed by atoms with Crippen LogP contribution in [-0.2, 0) is 21.3 Å². The van der Waals surface area contributed by atoms with Crippen molar-refractivity contribution in [2.75, 3.05) is 44.8 Å². The van der Waals surface area contributed by atoms with E-state index in [-0.39, 0.29) is 50.1 Å². The zero-order chi connectivity index (χ0) is 28.3. The molecule has 40 heavy (non-hydrogen) atoms. The fourth-order valence-corrected chi connectivity index (χ4v) is 6.69. The van der Waals surface area contributed by atoms with Gasteiger partial charge in [-0.1, -0.05) is 11.3 Å². The van der Waals surface area contributed by atoms with E-state index >= 15 is 0 Å². The Morgan fingerprint density at radius 2 is 1.82 bits per heavy atom. The summed E-state index contributed by atoms with van der Waals surface area (Å²) in [5.41, 5.74) is 0.996. The van der Waals surface area contributed by atoms with Crippen LogP contribution in [0.4, 0.5) is 9.93 Å². The van der Waals surface area contributed by atoms with Gasteiger partial charge < -0.3 is 18.8 Å². The lowest BCUT2D eigenvalue weighted by Crippen LogP contribution is -2.50. The van der Waals surface area contributed by atoms with Crippen LogP contribution in [0.15, 0.2) is 70.2 Å². The van der Waals surface area contributed by atoms with Gasteiger partial charge in [-0.15, -0.1) is 0 Å². The highest BCUT2D eigenvalue weighted by Gasteiger charge is 2.31. The Kier molecular flexibility index (Phi) is 8.05. The molecule has 2 aromatic carbocycles. The second-order valence-electron chi connectivity index (χ2n) is 8.92. The fraction of sp³-hybridized carbons (Fsp3) is 0.296. The summed E-state index contributed by atoms with van der Waals surface area (Å²) in [4.78, 5) is 33.4. The molecule has 1 fully saturated rings. The number of thiazole rings is 1. The van der Waals surface area contributed by atoms with Crippen molar-refractivity contribution in [1.82, 2.24) is 14.2 Å². The van der Waals surface area contributed by atoms with E-state index in [1.54, 1.807) is 32.2 Å². The first-order chi connectivity index (χ1) is 19.3. The predicted octanol–water partition coefficient (Wildman–Crippen LogP) is 4.21. The lowest BCUT2D eigenvalue weighted by Gasteiger charge is -2.33. The van der Waals surface area contributed by atoms with E-state index in [9.17, 15) is 18.0 Å². The van der Waals surface area contributed by atoms with Crippen LogP contribution in [0.25, 0.3) is 10.2 Å². The molecule has 0 spiro atoms. The van der Waals surface area contributed by atoms with E-state index < -0.39 is 16.1 Å². The largest absolute Gasteiger partial charge is 0.497 e. The number of carbonyl (C=O) groups is 2. The lowest BCUT2D eigenvalue weighted by molar-refractivity contribution is 0.0933. The summed E-state index contributed by atoms with van der Waals surface area (Å²) in [6, 6.07) is 14.9. The van der Waals surface area contributed by atoms with Gasteiger partial charge in [0.15, 0.2) is 5.13 Å². The molecule has 0 unspecified atom stereocenters. The third kappa shape index (κ3) is 5.67. The highest BCUT2D eigenvalue weighted by Crippen LogP contribution is 2.33. The van der Waals surface area contributed by atoms with Crippen LogP contribution in [0, 0.1) is 0 Å². The number of anilines is 1. The molecule has 0 N–H and O–H groups in total. The van der Waals surface area contributed by atoms with Crippen molar-refractivity contribution in [3.63, 3.8) is 0 Å². The molecule has 5 rings (SSSR count). The number of furan rings is 1. The fourth-order valence-electron chi connectivity index (χ4n) is 4.32. The van der Waals surface area contributed by atoms with E-state index in [1.165, 1.54) is 56.0 Å². The van der Waals surface area contributed by atoms with Crippen LogP contribution in [0.5, 0.6) is 5.75 Å². The molecule has 4 aromatic rings. The van der Waals surface area contributed by atoms with Gasteiger partial charge >= 0.3 is 6.09 Å². The van der Waals surface area contributed by atoms with Crippen molar-refractivity contribution >= 4 is 48.7 Å².